The number of piperazine rings is 1. The van der Waals surface area contributed by atoms with E-state index in [4.69, 9.17) is 9.47 Å². The van der Waals surface area contributed by atoms with E-state index in [-0.39, 0.29) is 5.91 Å². The van der Waals surface area contributed by atoms with Crippen molar-refractivity contribution in [2.75, 3.05) is 64.4 Å². The van der Waals surface area contributed by atoms with Crippen molar-refractivity contribution in [1.82, 2.24) is 19.8 Å². The third-order valence-corrected chi connectivity index (χ3v) is 5.31. The number of hydrogen-bond acceptors (Lipinski definition) is 7. The molecule has 3 fully saturated rings. The number of anilines is 1. The molecular weight excluding hydrogens is 322 g/mol. The summed E-state index contributed by atoms with van der Waals surface area (Å²) >= 11 is 0. The first-order valence-electron chi connectivity index (χ1n) is 8.98. The molecule has 3 saturated heterocycles. The number of ether oxygens (including phenoxy) is 2. The summed E-state index contributed by atoms with van der Waals surface area (Å²) in [6, 6.07) is 0. The summed E-state index contributed by atoms with van der Waals surface area (Å²) in [5.74, 6) is 0.313. The van der Waals surface area contributed by atoms with Crippen molar-refractivity contribution >= 4 is 11.7 Å². The van der Waals surface area contributed by atoms with Crippen LogP contribution in [-0.4, -0.2) is 91.0 Å². The predicted molar refractivity (Wildman–Crippen MR) is 91.5 cm³/mol. The van der Waals surface area contributed by atoms with Gasteiger partial charge < -0.3 is 24.2 Å². The van der Waals surface area contributed by atoms with Crippen LogP contribution in [0.5, 0.6) is 0 Å². The molecule has 0 aromatic carbocycles. The van der Waals surface area contributed by atoms with Crippen LogP contribution in [0.1, 0.15) is 23.3 Å². The van der Waals surface area contributed by atoms with Crippen molar-refractivity contribution in [2.24, 2.45) is 0 Å². The Bertz CT molecular complexity index is 599. The van der Waals surface area contributed by atoms with Gasteiger partial charge in [0.2, 0.25) is 0 Å². The second kappa shape index (κ2) is 6.86. The van der Waals surface area contributed by atoms with Gasteiger partial charge in [0.05, 0.1) is 25.6 Å². The molecule has 8 nitrogen and oxygen atoms in total. The molecule has 25 heavy (non-hydrogen) atoms. The summed E-state index contributed by atoms with van der Waals surface area (Å²) in [5, 5.41) is 0. The molecule has 0 radical (unpaired) electrons. The average molecular weight is 347 g/mol. The standard InChI is InChI=1S/C17H25N5O3/c1-20-6-8-21(9-7-20)15-13-18-14(12-19-15)16(23)22-4-2-17(3-5-22)24-10-11-25-17/h12-13H,2-11H2,1H3. The number of hydrogen-bond donors (Lipinski definition) is 0. The van der Waals surface area contributed by atoms with Crippen molar-refractivity contribution in [2.45, 2.75) is 18.6 Å². The van der Waals surface area contributed by atoms with Crippen LogP contribution >= 0.6 is 0 Å². The summed E-state index contributed by atoms with van der Waals surface area (Å²) in [7, 11) is 2.12. The minimum atomic E-state index is -0.465. The molecule has 1 amide bonds. The molecule has 0 bridgehead atoms. The van der Waals surface area contributed by atoms with Crippen LogP contribution in [0.4, 0.5) is 5.82 Å². The maximum atomic E-state index is 12.7. The molecule has 8 heteroatoms. The first-order valence-corrected chi connectivity index (χ1v) is 8.98. The Morgan fingerprint density at radius 1 is 1.00 bits per heavy atom. The Kier molecular flexibility index (Phi) is 4.58. The monoisotopic (exact) mass is 347 g/mol. The van der Waals surface area contributed by atoms with Crippen molar-refractivity contribution in [3.63, 3.8) is 0 Å². The predicted octanol–water partition coefficient (Wildman–Crippen LogP) is 0.208. The van der Waals surface area contributed by atoms with Gasteiger partial charge in [0.1, 0.15) is 11.5 Å². The zero-order chi connectivity index (χ0) is 17.3. The summed E-state index contributed by atoms with van der Waals surface area (Å²) < 4.78 is 11.4. The van der Waals surface area contributed by atoms with E-state index in [1.54, 1.807) is 12.4 Å². The lowest BCUT2D eigenvalue weighted by molar-refractivity contribution is -0.181. The van der Waals surface area contributed by atoms with Crippen LogP contribution in [0.3, 0.4) is 0 Å². The van der Waals surface area contributed by atoms with Gasteiger partial charge in [0.15, 0.2) is 5.79 Å². The lowest BCUT2D eigenvalue weighted by Gasteiger charge is -2.37. The highest BCUT2D eigenvalue weighted by Crippen LogP contribution is 2.31. The highest BCUT2D eigenvalue weighted by atomic mass is 16.7. The minimum Gasteiger partial charge on any atom is -0.353 e. The lowest BCUT2D eigenvalue weighted by atomic mass is 10.0. The topological polar surface area (TPSA) is 71.0 Å². The fraction of sp³-hybridized carbons (Fsp3) is 0.706. The normalized spacial score (nSPS) is 24.0. The third kappa shape index (κ3) is 3.47. The SMILES string of the molecule is CN1CCN(c2cnc(C(=O)N3CCC4(CC3)OCCO4)cn2)CC1. The van der Waals surface area contributed by atoms with Gasteiger partial charge in [-0.15, -0.1) is 0 Å². The smallest absolute Gasteiger partial charge is 0.274 e. The van der Waals surface area contributed by atoms with Crippen LogP contribution in [-0.2, 0) is 9.47 Å². The van der Waals surface area contributed by atoms with E-state index in [0.29, 0.717) is 44.8 Å². The number of likely N-dealkylation sites (tertiary alicyclic amines) is 1. The Morgan fingerprint density at radius 2 is 1.68 bits per heavy atom. The number of carbonyl (C=O) groups is 1. The van der Waals surface area contributed by atoms with Crippen LogP contribution in [0.2, 0.25) is 0 Å². The van der Waals surface area contributed by atoms with Crippen LogP contribution in [0.25, 0.3) is 0 Å². The minimum absolute atomic E-state index is 0.0646. The number of carbonyl (C=O) groups excluding carboxylic acids is 1. The van der Waals surface area contributed by atoms with Gasteiger partial charge in [0.25, 0.3) is 5.91 Å². The van der Waals surface area contributed by atoms with Crippen LogP contribution in [0.15, 0.2) is 12.4 Å². The Balaban J connectivity index is 1.36. The Labute approximate surface area is 147 Å². The number of nitrogens with zero attached hydrogens (tertiary/aromatic N) is 5. The molecule has 0 N–H and O–H groups in total. The molecule has 3 aliphatic rings. The molecule has 1 spiro atoms. The molecular formula is C17H25N5O3. The van der Waals surface area contributed by atoms with Crippen molar-refractivity contribution in [1.29, 1.82) is 0 Å². The zero-order valence-corrected chi connectivity index (χ0v) is 14.7. The van der Waals surface area contributed by atoms with E-state index in [0.717, 1.165) is 32.0 Å². The second-order valence-corrected chi connectivity index (χ2v) is 6.95. The Morgan fingerprint density at radius 3 is 2.28 bits per heavy atom. The quantitative estimate of drug-likeness (QED) is 0.757. The first kappa shape index (κ1) is 16.7. The maximum Gasteiger partial charge on any atom is 0.274 e. The summed E-state index contributed by atoms with van der Waals surface area (Å²) in [5.41, 5.74) is 0.405. The van der Waals surface area contributed by atoms with Crippen molar-refractivity contribution in [3.05, 3.63) is 18.1 Å². The molecule has 0 unspecified atom stereocenters. The zero-order valence-electron chi connectivity index (χ0n) is 14.7. The number of rotatable bonds is 2. The average Bonchev–Trinajstić information content (AvgIpc) is 3.11. The van der Waals surface area contributed by atoms with Gasteiger partial charge in [-0.05, 0) is 7.05 Å². The molecule has 0 aliphatic carbocycles. The van der Waals surface area contributed by atoms with E-state index in [2.05, 4.69) is 26.8 Å². The highest BCUT2D eigenvalue weighted by Gasteiger charge is 2.41. The molecule has 4 heterocycles. The Hall–Kier alpha value is -1.77. The van der Waals surface area contributed by atoms with Gasteiger partial charge in [0, 0.05) is 52.1 Å². The van der Waals surface area contributed by atoms with Crippen LogP contribution < -0.4 is 4.90 Å². The van der Waals surface area contributed by atoms with Gasteiger partial charge in [-0.25, -0.2) is 9.97 Å². The molecule has 0 atom stereocenters. The summed E-state index contributed by atoms with van der Waals surface area (Å²) in [6.07, 6.45) is 4.74. The molecule has 1 aromatic heterocycles. The fourth-order valence-electron chi connectivity index (χ4n) is 3.63. The van der Waals surface area contributed by atoms with E-state index in [9.17, 15) is 4.79 Å². The number of amides is 1. The van der Waals surface area contributed by atoms with Gasteiger partial charge in [-0.3, -0.25) is 4.79 Å². The largest absolute Gasteiger partial charge is 0.353 e. The van der Waals surface area contributed by atoms with Crippen LogP contribution in [0, 0.1) is 0 Å². The highest BCUT2D eigenvalue weighted by molar-refractivity contribution is 5.92. The maximum absolute atomic E-state index is 12.7. The number of likely N-dealkylation sites (N-methyl/N-ethyl adjacent to an activating group) is 1. The third-order valence-electron chi connectivity index (χ3n) is 5.31. The number of aromatic nitrogens is 2. The molecule has 0 saturated carbocycles. The van der Waals surface area contributed by atoms with Gasteiger partial charge >= 0.3 is 0 Å². The molecule has 3 aliphatic heterocycles. The molecule has 136 valence electrons. The summed E-state index contributed by atoms with van der Waals surface area (Å²) in [6.45, 7) is 6.45. The molecule has 4 rings (SSSR count). The number of piperidine rings is 1. The van der Waals surface area contributed by atoms with E-state index < -0.39 is 5.79 Å². The van der Waals surface area contributed by atoms with E-state index >= 15 is 0 Å². The van der Waals surface area contributed by atoms with E-state index in [1.807, 2.05) is 4.90 Å². The van der Waals surface area contributed by atoms with Gasteiger partial charge in [-0.1, -0.05) is 0 Å². The van der Waals surface area contributed by atoms with Crippen molar-refractivity contribution < 1.29 is 14.3 Å². The first-order chi connectivity index (χ1) is 12.2. The molecule has 1 aromatic rings. The van der Waals surface area contributed by atoms with Gasteiger partial charge in [-0.2, -0.15) is 0 Å². The lowest BCUT2D eigenvalue weighted by Crippen LogP contribution is -2.47. The second-order valence-electron chi connectivity index (χ2n) is 6.95. The van der Waals surface area contributed by atoms with E-state index in [1.165, 1.54) is 0 Å². The van der Waals surface area contributed by atoms with Crippen molar-refractivity contribution in [3.8, 4) is 0 Å². The fourth-order valence-corrected chi connectivity index (χ4v) is 3.63. The summed E-state index contributed by atoms with van der Waals surface area (Å²) in [4.78, 5) is 27.8.